The maximum atomic E-state index is 4.41. The van der Waals surface area contributed by atoms with Crippen LogP contribution in [0.25, 0.3) is 0 Å². The van der Waals surface area contributed by atoms with Gasteiger partial charge in [-0.3, -0.25) is 4.98 Å². The summed E-state index contributed by atoms with van der Waals surface area (Å²) >= 11 is 0. The summed E-state index contributed by atoms with van der Waals surface area (Å²) in [7, 11) is 0. The molecule has 2 heterocycles. The first-order valence-electron chi connectivity index (χ1n) is 6.67. The minimum atomic E-state index is 0.251. The lowest BCUT2D eigenvalue weighted by Gasteiger charge is -2.14. The highest BCUT2D eigenvalue weighted by Crippen LogP contribution is 2.09. The molecule has 0 fully saturated rings. The summed E-state index contributed by atoms with van der Waals surface area (Å²) in [5.41, 5.74) is 3.49. The average Bonchev–Trinajstić information content (AvgIpc) is 2.42. The van der Waals surface area contributed by atoms with Crippen molar-refractivity contribution in [3.8, 4) is 0 Å². The van der Waals surface area contributed by atoms with E-state index in [1.165, 1.54) is 5.56 Å². The van der Waals surface area contributed by atoms with Crippen molar-refractivity contribution in [1.29, 1.82) is 0 Å². The molecule has 0 saturated carbocycles. The number of nitrogens with one attached hydrogen (secondary N) is 1. The molecule has 0 aliphatic rings. The van der Waals surface area contributed by atoms with Gasteiger partial charge in [-0.15, -0.1) is 0 Å². The van der Waals surface area contributed by atoms with Gasteiger partial charge in [-0.05, 0) is 37.5 Å². The molecule has 4 nitrogen and oxygen atoms in total. The highest BCUT2D eigenvalue weighted by Gasteiger charge is 2.08. The zero-order chi connectivity index (χ0) is 13.7. The first kappa shape index (κ1) is 13.5. The Morgan fingerprint density at radius 3 is 2.58 bits per heavy atom. The predicted molar refractivity (Wildman–Crippen MR) is 77.2 cm³/mol. The molecular formula is C15H20N4. The van der Waals surface area contributed by atoms with Crippen LogP contribution in [0, 0.1) is 6.92 Å². The van der Waals surface area contributed by atoms with Gasteiger partial charge in [-0.2, -0.15) is 0 Å². The SMILES string of the molecule is CCc1cnc(N[C@@H](C)Cc2ncccc2C)nc1. The van der Waals surface area contributed by atoms with Crippen molar-refractivity contribution in [2.45, 2.75) is 39.7 Å². The van der Waals surface area contributed by atoms with Crippen LogP contribution in [0.15, 0.2) is 30.7 Å². The van der Waals surface area contributed by atoms with Crippen molar-refractivity contribution in [2.75, 3.05) is 5.32 Å². The van der Waals surface area contributed by atoms with E-state index in [2.05, 4.69) is 47.1 Å². The Morgan fingerprint density at radius 1 is 1.21 bits per heavy atom. The standard InChI is InChI=1S/C15H20N4/c1-4-13-9-17-15(18-10-13)19-12(3)8-14-11(2)6-5-7-16-14/h5-7,9-10,12H,4,8H2,1-3H3,(H,17,18,19)/t12-/m0/s1. The summed E-state index contributed by atoms with van der Waals surface area (Å²) in [6.45, 7) is 6.30. The molecule has 0 saturated heterocycles. The van der Waals surface area contributed by atoms with Crippen LogP contribution in [0.5, 0.6) is 0 Å². The van der Waals surface area contributed by atoms with E-state index in [1.54, 1.807) is 0 Å². The molecule has 0 amide bonds. The van der Waals surface area contributed by atoms with Crippen LogP contribution in [0.3, 0.4) is 0 Å². The molecule has 0 spiro atoms. The van der Waals surface area contributed by atoms with Crippen LogP contribution >= 0.6 is 0 Å². The van der Waals surface area contributed by atoms with Gasteiger partial charge in [0.05, 0.1) is 0 Å². The summed E-state index contributed by atoms with van der Waals surface area (Å²) < 4.78 is 0. The van der Waals surface area contributed by atoms with Gasteiger partial charge in [0.1, 0.15) is 0 Å². The molecule has 1 atom stereocenters. The first-order valence-corrected chi connectivity index (χ1v) is 6.67. The summed E-state index contributed by atoms with van der Waals surface area (Å²) in [6.07, 6.45) is 7.40. The molecule has 100 valence electrons. The van der Waals surface area contributed by atoms with Gasteiger partial charge in [0.2, 0.25) is 5.95 Å². The number of hydrogen-bond donors (Lipinski definition) is 1. The fourth-order valence-electron chi connectivity index (χ4n) is 1.91. The molecule has 2 aromatic rings. The second kappa shape index (κ2) is 6.27. The minimum absolute atomic E-state index is 0.251. The molecular weight excluding hydrogens is 236 g/mol. The van der Waals surface area contributed by atoms with Crippen molar-refractivity contribution in [2.24, 2.45) is 0 Å². The van der Waals surface area contributed by atoms with E-state index in [0.29, 0.717) is 5.95 Å². The lowest BCUT2D eigenvalue weighted by molar-refractivity contribution is 0.753. The number of aromatic nitrogens is 3. The van der Waals surface area contributed by atoms with Gasteiger partial charge in [0.25, 0.3) is 0 Å². The van der Waals surface area contributed by atoms with Crippen molar-refractivity contribution in [1.82, 2.24) is 15.0 Å². The van der Waals surface area contributed by atoms with Gasteiger partial charge in [-0.25, -0.2) is 9.97 Å². The molecule has 4 heteroatoms. The van der Waals surface area contributed by atoms with Gasteiger partial charge in [-0.1, -0.05) is 13.0 Å². The number of hydrogen-bond acceptors (Lipinski definition) is 4. The maximum Gasteiger partial charge on any atom is 0.222 e. The van der Waals surface area contributed by atoms with E-state index in [-0.39, 0.29) is 6.04 Å². The van der Waals surface area contributed by atoms with E-state index in [0.717, 1.165) is 24.1 Å². The summed E-state index contributed by atoms with van der Waals surface area (Å²) in [6, 6.07) is 4.30. The fraction of sp³-hybridized carbons (Fsp3) is 0.400. The minimum Gasteiger partial charge on any atom is -0.351 e. The molecule has 0 bridgehead atoms. The summed E-state index contributed by atoms with van der Waals surface area (Å²) in [5.74, 6) is 0.679. The van der Waals surface area contributed by atoms with Crippen LogP contribution in [0.2, 0.25) is 0 Å². The van der Waals surface area contributed by atoms with Crippen molar-refractivity contribution in [3.63, 3.8) is 0 Å². The topological polar surface area (TPSA) is 50.7 Å². The van der Waals surface area contributed by atoms with Crippen LogP contribution in [-0.4, -0.2) is 21.0 Å². The Balaban J connectivity index is 1.97. The smallest absolute Gasteiger partial charge is 0.222 e. The normalized spacial score (nSPS) is 12.2. The Hall–Kier alpha value is -1.97. The second-order valence-corrected chi connectivity index (χ2v) is 4.78. The Morgan fingerprint density at radius 2 is 1.95 bits per heavy atom. The van der Waals surface area contributed by atoms with Crippen molar-refractivity contribution < 1.29 is 0 Å². The number of rotatable bonds is 5. The van der Waals surface area contributed by atoms with Crippen LogP contribution in [-0.2, 0) is 12.8 Å². The molecule has 0 aromatic carbocycles. The molecule has 2 rings (SSSR count). The quantitative estimate of drug-likeness (QED) is 0.893. The van der Waals surface area contributed by atoms with Gasteiger partial charge in [0.15, 0.2) is 0 Å². The largest absolute Gasteiger partial charge is 0.351 e. The number of pyridine rings is 1. The van der Waals surface area contributed by atoms with E-state index in [4.69, 9.17) is 0 Å². The van der Waals surface area contributed by atoms with Crippen LogP contribution in [0.1, 0.15) is 30.7 Å². The predicted octanol–water partition coefficient (Wildman–Crippen LogP) is 2.79. The zero-order valence-electron chi connectivity index (χ0n) is 11.7. The zero-order valence-corrected chi connectivity index (χ0v) is 11.7. The molecule has 1 N–H and O–H groups in total. The lowest BCUT2D eigenvalue weighted by atomic mass is 10.1. The number of aryl methyl sites for hydroxylation is 2. The van der Waals surface area contributed by atoms with Crippen molar-refractivity contribution >= 4 is 5.95 Å². The van der Waals surface area contributed by atoms with E-state index >= 15 is 0 Å². The molecule has 2 aromatic heterocycles. The summed E-state index contributed by atoms with van der Waals surface area (Å²) in [4.78, 5) is 13.0. The fourth-order valence-corrected chi connectivity index (χ4v) is 1.91. The van der Waals surface area contributed by atoms with E-state index < -0.39 is 0 Å². The number of anilines is 1. The molecule has 0 aliphatic carbocycles. The van der Waals surface area contributed by atoms with Crippen LogP contribution in [0.4, 0.5) is 5.95 Å². The third-order valence-corrected chi connectivity index (χ3v) is 3.11. The second-order valence-electron chi connectivity index (χ2n) is 4.78. The van der Waals surface area contributed by atoms with Gasteiger partial charge < -0.3 is 5.32 Å². The third kappa shape index (κ3) is 3.74. The lowest BCUT2D eigenvalue weighted by Crippen LogP contribution is -2.20. The van der Waals surface area contributed by atoms with E-state index in [1.807, 2.05) is 24.7 Å². The maximum absolute atomic E-state index is 4.41. The van der Waals surface area contributed by atoms with Gasteiger partial charge in [0, 0.05) is 36.7 Å². The Bertz CT molecular complexity index is 522. The van der Waals surface area contributed by atoms with E-state index in [9.17, 15) is 0 Å². The summed E-state index contributed by atoms with van der Waals surface area (Å²) in [5, 5.41) is 3.31. The highest BCUT2D eigenvalue weighted by atomic mass is 15.1. The molecule has 19 heavy (non-hydrogen) atoms. The molecule has 0 radical (unpaired) electrons. The Labute approximate surface area is 114 Å². The Kier molecular flexibility index (Phi) is 4.44. The average molecular weight is 256 g/mol. The van der Waals surface area contributed by atoms with Crippen LogP contribution < -0.4 is 5.32 Å². The highest BCUT2D eigenvalue weighted by molar-refractivity contribution is 5.28. The van der Waals surface area contributed by atoms with Crippen molar-refractivity contribution in [3.05, 3.63) is 47.5 Å². The molecule has 0 unspecified atom stereocenters. The monoisotopic (exact) mass is 256 g/mol. The van der Waals surface area contributed by atoms with Gasteiger partial charge >= 0.3 is 0 Å². The first-order chi connectivity index (χ1) is 9.19. The third-order valence-electron chi connectivity index (χ3n) is 3.11. The number of nitrogens with zero attached hydrogens (tertiary/aromatic N) is 3. The molecule has 0 aliphatic heterocycles.